The Bertz CT molecular complexity index is 908. The smallest absolute Gasteiger partial charge is 0.264 e. The van der Waals surface area contributed by atoms with Gasteiger partial charge in [0.1, 0.15) is 11.5 Å². The summed E-state index contributed by atoms with van der Waals surface area (Å²) in [6.07, 6.45) is 1.41. The second kappa shape index (κ2) is 8.42. The standard InChI is InChI=1S/C19H20BrNO4S/c1-5-14(2)21(26(22,23)18-10-7-16(20)8-11-18)13-15-6-9-17(24-3)12-19(15)25-4/h5-12H,1-2,13H2,3-4H3. The van der Waals surface area contributed by atoms with Gasteiger partial charge in [0.15, 0.2) is 0 Å². The molecule has 5 nitrogen and oxygen atoms in total. The van der Waals surface area contributed by atoms with E-state index in [1.54, 1.807) is 37.4 Å². The van der Waals surface area contributed by atoms with Gasteiger partial charge in [0.2, 0.25) is 0 Å². The van der Waals surface area contributed by atoms with Crippen molar-refractivity contribution >= 4 is 26.0 Å². The summed E-state index contributed by atoms with van der Waals surface area (Å²) in [5.74, 6) is 1.15. The molecule has 2 rings (SSSR count). The average molecular weight is 438 g/mol. The Morgan fingerprint density at radius 2 is 1.81 bits per heavy atom. The van der Waals surface area contributed by atoms with Gasteiger partial charge in [-0.25, -0.2) is 8.42 Å². The van der Waals surface area contributed by atoms with E-state index in [0.717, 1.165) is 4.47 Å². The predicted octanol–water partition coefficient (Wildman–Crippen LogP) is 4.36. The minimum absolute atomic E-state index is 0.0520. The predicted molar refractivity (Wildman–Crippen MR) is 106 cm³/mol. The third kappa shape index (κ3) is 4.28. The summed E-state index contributed by atoms with van der Waals surface area (Å²) in [5.41, 5.74) is 0.947. The molecule has 0 aromatic heterocycles. The van der Waals surface area contributed by atoms with Gasteiger partial charge in [-0.1, -0.05) is 29.1 Å². The second-order valence-electron chi connectivity index (χ2n) is 5.34. The third-order valence-corrected chi connectivity index (χ3v) is 6.11. The molecule has 26 heavy (non-hydrogen) atoms. The number of nitrogens with zero attached hydrogens (tertiary/aromatic N) is 1. The van der Waals surface area contributed by atoms with Crippen LogP contribution < -0.4 is 9.47 Å². The van der Waals surface area contributed by atoms with Gasteiger partial charge in [-0.2, -0.15) is 0 Å². The molecule has 0 radical (unpaired) electrons. The van der Waals surface area contributed by atoms with Gasteiger partial charge in [-0.3, -0.25) is 4.31 Å². The zero-order chi connectivity index (χ0) is 19.3. The summed E-state index contributed by atoms with van der Waals surface area (Å²) >= 11 is 3.31. The van der Waals surface area contributed by atoms with Crippen LogP contribution in [-0.4, -0.2) is 26.9 Å². The van der Waals surface area contributed by atoms with Crippen LogP contribution in [0.4, 0.5) is 0 Å². The Morgan fingerprint density at radius 1 is 1.15 bits per heavy atom. The van der Waals surface area contributed by atoms with Crippen LogP contribution in [0.3, 0.4) is 0 Å². The van der Waals surface area contributed by atoms with Crippen LogP contribution in [0.15, 0.2) is 76.8 Å². The van der Waals surface area contributed by atoms with Gasteiger partial charge in [-0.05, 0) is 42.5 Å². The maximum Gasteiger partial charge on any atom is 0.264 e. The number of rotatable bonds is 8. The highest BCUT2D eigenvalue weighted by atomic mass is 79.9. The first-order chi connectivity index (χ1) is 12.3. The minimum atomic E-state index is -3.81. The molecule has 0 aliphatic heterocycles. The number of hydrogen-bond donors (Lipinski definition) is 0. The molecule has 0 atom stereocenters. The van der Waals surface area contributed by atoms with E-state index in [1.165, 1.54) is 29.6 Å². The molecule has 0 unspecified atom stereocenters. The Hall–Kier alpha value is -2.25. The fraction of sp³-hybridized carbons (Fsp3) is 0.158. The molecule has 0 spiro atoms. The van der Waals surface area contributed by atoms with E-state index in [4.69, 9.17) is 9.47 Å². The van der Waals surface area contributed by atoms with Crippen LogP contribution in [0.25, 0.3) is 0 Å². The van der Waals surface area contributed by atoms with Crippen molar-refractivity contribution in [1.29, 1.82) is 0 Å². The number of hydrogen-bond acceptors (Lipinski definition) is 4. The number of methoxy groups -OCH3 is 2. The van der Waals surface area contributed by atoms with Crippen molar-refractivity contribution in [1.82, 2.24) is 4.31 Å². The van der Waals surface area contributed by atoms with Crippen molar-refractivity contribution in [2.75, 3.05) is 14.2 Å². The number of halogens is 1. The van der Waals surface area contributed by atoms with Crippen LogP contribution in [0.5, 0.6) is 11.5 Å². The molecule has 0 heterocycles. The molecule has 0 saturated carbocycles. The number of sulfonamides is 1. The summed E-state index contributed by atoms with van der Waals surface area (Å²) in [6, 6.07) is 11.6. The lowest BCUT2D eigenvalue weighted by molar-refractivity contribution is 0.385. The monoisotopic (exact) mass is 437 g/mol. The van der Waals surface area contributed by atoms with Gasteiger partial charge in [0.05, 0.1) is 25.7 Å². The summed E-state index contributed by atoms with van der Waals surface area (Å²) in [7, 11) is -0.737. The summed E-state index contributed by atoms with van der Waals surface area (Å²) in [4.78, 5) is 0.163. The van der Waals surface area contributed by atoms with E-state index in [1.807, 2.05) is 0 Å². The van der Waals surface area contributed by atoms with Gasteiger partial charge in [0, 0.05) is 21.8 Å². The first-order valence-electron chi connectivity index (χ1n) is 7.64. The lowest BCUT2D eigenvalue weighted by Gasteiger charge is -2.25. The lowest BCUT2D eigenvalue weighted by atomic mass is 10.2. The summed E-state index contributed by atoms with van der Waals surface area (Å²) in [6.45, 7) is 7.52. The van der Waals surface area contributed by atoms with E-state index in [2.05, 4.69) is 29.1 Å². The Balaban J connectivity index is 2.47. The van der Waals surface area contributed by atoms with Crippen LogP contribution in [0, 0.1) is 0 Å². The Morgan fingerprint density at radius 3 is 2.35 bits per heavy atom. The first-order valence-corrected chi connectivity index (χ1v) is 9.87. The third-order valence-electron chi connectivity index (χ3n) is 3.77. The largest absolute Gasteiger partial charge is 0.497 e. The Kier molecular flexibility index (Phi) is 6.50. The molecule has 0 aliphatic carbocycles. The first kappa shape index (κ1) is 20.1. The maximum atomic E-state index is 13.1. The lowest BCUT2D eigenvalue weighted by Crippen LogP contribution is -2.29. The van der Waals surface area contributed by atoms with Crippen molar-refractivity contribution in [3.05, 3.63) is 77.4 Å². The minimum Gasteiger partial charge on any atom is -0.497 e. The number of allylic oxidation sites excluding steroid dienone is 1. The summed E-state index contributed by atoms with van der Waals surface area (Å²) < 4.78 is 38.8. The van der Waals surface area contributed by atoms with E-state index < -0.39 is 10.0 Å². The molecule has 7 heteroatoms. The van der Waals surface area contributed by atoms with Crippen molar-refractivity contribution in [3.63, 3.8) is 0 Å². The molecule has 0 N–H and O–H groups in total. The molecule has 0 amide bonds. The highest BCUT2D eigenvalue weighted by Gasteiger charge is 2.26. The fourth-order valence-corrected chi connectivity index (χ4v) is 4.00. The maximum absolute atomic E-state index is 13.1. The van der Waals surface area contributed by atoms with Gasteiger partial charge >= 0.3 is 0 Å². The molecule has 2 aromatic rings. The normalized spacial score (nSPS) is 10.9. The van der Waals surface area contributed by atoms with Gasteiger partial charge in [0.25, 0.3) is 10.0 Å². The molecule has 138 valence electrons. The quantitative estimate of drug-likeness (QED) is 0.575. The van der Waals surface area contributed by atoms with E-state index in [0.29, 0.717) is 17.1 Å². The zero-order valence-electron chi connectivity index (χ0n) is 14.6. The van der Waals surface area contributed by atoms with Gasteiger partial charge < -0.3 is 9.47 Å². The molecule has 0 fully saturated rings. The van der Waals surface area contributed by atoms with Crippen LogP contribution in [0.1, 0.15) is 5.56 Å². The second-order valence-corrected chi connectivity index (χ2v) is 8.12. The van der Waals surface area contributed by atoms with Gasteiger partial charge in [-0.15, -0.1) is 0 Å². The highest BCUT2D eigenvalue weighted by Crippen LogP contribution is 2.30. The molecular weight excluding hydrogens is 418 g/mol. The van der Waals surface area contributed by atoms with E-state index in [-0.39, 0.29) is 17.1 Å². The summed E-state index contributed by atoms with van der Waals surface area (Å²) in [5, 5.41) is 0. The number of benzene rings is 2. The van der Waals surface area contributed by atoms with E-state index in [9.17, 15) is 8.42 Å². The molecule has 2 aromatic carbocycles. The van der Waals surface area contributed by atoms with Crippen LogP contribution >= 0.6 is 15.9 Å². The van der Waals surface area contributed by atoms with Crippen LogP contribution in [-0.2, 0) is 16.6 Å². The van der Waals surface area contributed by atoms with Crippen molar-refractivity contribution in [2.24, 2.45) is 0 Å². The fourth-order valence-electron chi connectivity index (χ4n) is 2.31. The topological polar surface area (TPSA) is 55.8 Å². The van der Waals surface area contributed by atoms with Crippen molar-refractivity contribution in [3.8, 4) is 11.5 Å². The molecular formula is C19H20BrNO4S. The highest BCUT2D eigenvalue weighted by molar-refractivity contribution is 9.10. The van der Waals surface area contributed by atoms with Crippen LogP contribution in [0.2, 0.25) is 0 Å². The average Bonchev–Trinajstić information content (AvgIpc) is 2.65. The zero-order valence-corrected chi connectivity index (χ0v) is 17.0. The van der Waals surface area contributed by atoms with E-state index >= 15 is 0 Å². The van der Waals surface area contributed by atoms with Crippen molar-refractivity contribution < 1.29 is 17.9 Å². The molecule has 0 saturated heterocycles. The number of ether oxygens (including phenoxy) is 2. The molecule has 0 bridgehead atoms. The Labute approximate surface area is 162 Å². The SMILES string of the molecule is C=CC(=C)N(Cc1ccc(OC)cc1OC)S(=O)(=O)c1ccc(Br)cc1. The molecule has 0 aliphatic rings. The van der Waals surface area contributed by atoms with Crippen molar-refractivity contribution in [2.45, 2.75) is 11.4 Å².